The summed E-state index contributed by atoms with van der Waals surface area (Å²) in [6.45, 7) is 4.35. The highest BCUT2D eigenvalue weighted by Crippen LogP contribution is 2.29. The second kappa shape index (κ2) is 7.59. The van der Waals surface area contributed by atoms with Crippen molar-refractivity contribution in [2.75, 3.05) is 38.6 Å². The fraction of sp³-hybridized carbons (Fsp3) is 0.556. The number of imidazole rings is 1. The van der Waals surface area contributed by atoms with Crippen molar-refractivity contribution >= 4 is 5.69 Å². The van der Waals surface area contributed by atoms with E-state index in [1.54, 1.807) is 0 Å². The number of hydrogen-bond acceptors (Lipinski definition) is 4. The van der Waals surface area contributed by atoms with E-state index in [0.717, 1.165) is 32.6 Å². The van der Waals surface area contributed by atoms with Crippen molar-refractivity contribution < 1.29 is 0 Å². The minimum Gasteiger partial charge on any atom is -0.371 e. The number of rotatable bonds is 6. The van der Waals surface area contributed by atoms with E-state index in [4.69, 9.17) is 0 Å². The Morgan fingerprint density at radius 2 is 2.04 bits per heavy atom. The van der Waals surface area contributed by atoms with E-state index in [1.165, 1.54) is 24.4 Å². The van der Waals surface area contributed by atoms with Crippen molar-refractivity contribution in [2.24, 2.45) is 0 Å². The van der Waals surface area contributed by atoms with E-state index in [2.05, 4.69) is 56.8 Å². The molecule has 1 aliphatic heterocycles. The van der Waals surface area contributed by atoms with Crippen molar-refractivity contribution in [2.45, 2.75) is 31.7 Å². The maximum absolute atomic E-state index is 4.68. The first-order valence-corrected chi connectivity index (χ1v) is 8.55. The smallest absolute Gasteiger partial charge is 0.113 e. The van der Waals surface area contributed by atoms with Gasteiger partial charge >= 0.3 is 0 Å². The van der Waals surface area contributed by atoms with Gasteiger partial charge in [0, 0.05) is 56.0 Å². The van der Waals surface area contributed by atoms with Gasteiger partial charge in [0.2, 0.25) is 0 Å². The number of hydrogen-bond donors (Lipinski definition) is 0. The number of aromatic nitrogens is 3. The third-order valence-electron chi connectivity index (χ3n) is 4.57. The van der Waals surface area contributed by atoms with Crippen LogP contribution in [0.1, 0.15) is 31.0 Å². The summed E-state index contributed by atoms with van der Waals surface area (Å²) in [5.41, 5.74) is 1.27. The van der Waals surface area contributed by atoms with E-state index in [-0.39, 0.29) is 0 Å². The van der Waals surface area contributed by atoms with Crippen LogP contribution in [0.4, 0.5) is 5.69 Å². The first-order chi connectivity index (χ1) is 11.2. The van der Waals surface area contributed by atoms with Crippen LogP contribution in [0.3, 0.4) is 0 Å². The van der Waals surface area contributed by atoms with Gasteiger partial charge in [-0.15, -0.1) is 0 Å². The van der Waals surface area contributed by atoms with Gasteiger partial charge in [-0.2, -0.15) is 0 Å². The molecule has 2 aromatic rings. The molecule has 0 saturated carbocycles. The van der Waals surface area contributed by atoms with E-state index >= 15 is 0 Å². The lowest BCUT2D eigenvalue weighted by molar-refractivity contribution is 0.380. The van der Waals surface area contributed by atoms with Gasteiger partial charge in [-0.05, 0) is 52.0 Å². The second-order valence-electron chi connectivity index (χ2n) is 6.63. The summed E-state index contributed by atoms with van der Waals surface area (Å²) in [4.78, 5) is 13.5. The average Bonchev–Trinajstić information content (AvgIpc) is 3.04. The summed E-state index contributed by atoms with van der Waals surface area (Å²) in [5, 5.41) is 0. The fourth-order valence-corrected chi connectivity index (χ4v) is 3.40. The van der Waals surface area contributed by atoms with Crippen LogP contribution in [-0.2, 0) is 6.54 Å². The number of piperidine rings is 1. The van der Waals surface area contributed by atoms with Crippen LogP contribution >= 0.6 is 0 Å². The third kappa shape index (κ3) is 4.10. The lowest BCUT2D eigenvalue weighted by Gasteiger charge is -2.34. The van der Waals surface area contributed by atoms with Gasteiger partial charge in [0.15, 0.2) is 0 Å². The lowest BCUT2D eigenvalue weighted by atomic mass is 9.96. The zero-order valence-electron chi connectivity index (χ0n) is 14.2. The van der Waals surface area contributed by atoms with Crippen LogP contribution in [0, 0.1) is 0 Å². The molecule has 23 heavy (non-hydrogen) atoms. The molecule has 1 saturated heterocycles. The predicted octanol–water partition coefficient (Wildman–Crippen LogP) is 2.61. The van der Waals surface area contributed by atoms with Crippen LogP contribution in [0.2, 0.25) is 0 Å². The molecule has 1 fully saturated rings. The zero-order valence-corrected chi connectivity index (χ0v) is 14.2. The number of aryl methyl sites for hydroxylation is 1. The highest BCUT2D eigenvalue weighted by atomic mass is 15.2. The fourth-order valence-electron chi connectivity index (χ4n) is 3.40. The van der Waals surface area contributed by atoms with Gasteiger partial charge in [-0.1, -0.05) is 0 Å². The molecule has 0 amide bonds. The number of anilines is 1. The largest absolute Gasteiger partial charge is 0.371 e. The van der Waals surface area contributed by atoms with Gasteiger partial charge in [-0.25, -0.2) is 4.98 Å². The van der Waals surface area contributed by atoms with Gasteiger partial charge < -0.3 is 14.4 Å². The normalized spacial score (nSPS) is 18.6. The van der Waals surface area contributed by atoms with Crippen LogP contribution < -0.4 is 4.90 Å². The Hall–Kier alpha value is -1.88. The first kappa shape index (κ1) is 16.0. The zero-order chi connectivity index (χ0) is 16.1. The van der Waals surface area contributed by atoms with Crippen molar-refractivity contribution in [1.29, 1.82) is 0 Å². The van der Waals surface area contributed by atoms with Crippen LogP contribution in [0.15, 0.2) is 36.9 Å². The van der Waals surface area contributed by atoms with Gasteiger partial charge in [0.05, 0.1) is 0 Å². The monoisotopic (exact) mass is 313 g/mol. The molecule has 1 aliphatic rings. The SMILES string of the molecule is CN(C)CCCn1ccnc1[C@H]1CCCN(c2ccncc2)C1. The molecule has 2 aromatic heterocycles. The van der Waals surface area contributed by atoms with Gasteiger partial charge in [0.1, 0.15) is 5.82 Å². The first-order valence-electron chi connectivity index (χ1n) is 8.55. The molecule has 0 radical (unpaired) electrons. The van der Waals surface area contributed by atoms with E-state index in [0.29, 0.717) is 5.92 Å². The summed E-state index contributed by atoms with van der Waals surface area (Å²) in [5.74, 6) is 1.77. The average molecular weight is 313 g/mol. The Bertz CT molecular complexity index is 592. The summed E-state index contributed by atoms with van der Waals surface area (Å²) < 4.78 is 2.35. The van der Waals surface area contributed by atoms with Crippen molar-refractivity contribution in [3.05, 3.63) is 42.7 Å². The minimum absolute atomic E-state index is 0.520. The number of nitrogens with zero attached hydrogens (tertiary/aromatic N) is 5. The van der Waals surface area contributed by atoms with Crippen molar-refractivity contribution in [1.82, 2.24) is 19.4 Å². The summed E-state index contributed by atoms with van der Waals surface area (Å²) >= 11 is 0. The lowest BCUT2D eigenvalue weighted by Crippen LogP contribution is -2.35. The van der Waals surface area contributed by atoms with E-state index < -0.39 is 0 Å². The number of pyridine rings is 1. The Labute approximate surface area is 139 Å². The molecule has 1 atom stereocenters. The summed E-state index contributed by atoms with van der Waals surface area (Å²) in [6, 6.07) is 4.21. The molecule has 0 aromatic carbocycles. The molecule has 124 valence electrons. The molecule has 5 heteroatoms. The van der Waals surface area contributed by atoms with Crippen molar-refractivity contribution in [3.8, 4) is 0 Å². The van der Waals surface area contributed by atoms with Gasteiger partial charge in [-0.3, -0.25) is 4.98 Å². The maximum Gasteiger partial charge on any atom is 0.113 e. The van der Waals surface area contributed by atoms with Crippen molar-refractivity contribution in [3.63, 3.8) is 0 Å². The third-order valence-corrected chi connectivity index (χ3v) is 4.57. The molecule has 0 spiro atoms. The molecular formula is C18H27N5. The van der Waals surface area contributed by atoms with Gasteiger partial charge in [0.25, 0.3) is 0 Å². The maximum atomic E-state index is 4.68. The molecule has 0 aliphatic carbocycles. The van der Waals surface area contributed by atoms with Crippen LogP contribution in [0.5, 0.6) is 0 Å². The Kier molecular flexibility index (Phi) is 5.28. The second-order valence-corrected chi connectivity index (χ2v) is 6.63. The molecule has 0 N–H and O–H groups in total. The summed E-state index contributed by atoms with van der Waals surface area (Å²) in [6.07, 6.45) is 11.5. The topological polar surface area (TPSA) is 37.2 Å². The van der Waals surface area contributed by atoms with Crippen LogP contribution in [0.25, 0.3) is 0 Å². The predicted molar refractivity (Wildman–Crippen MR) is 93.8 cm³/mol. The summed E-state index contributed by atoms with van der Waals surface area (Å²) in [7, 11) is 4.26. The molecule has 0 unspecified atom stereocenters. The standard InChI is InChI=1S/C18H27N5/c1-21(2)11-4-13-22-14-10-20-18(22)16-5-3-12-23(15-16)17-6-8-19-9-7-17/h6-10,14,16H,3-5,11-13,15H2,1-2H3/t16-/m0/s1. The molecule has 5 nitrogen and oxygen atoms in total. The molecule has 3 heterocycles. The minimum atomic E-state index is 0.520. The Morgan fingerprint density at radius 3 is 2.83 bits per heavy atom. The van der Waals surface area contributed by atoms with E-state index in [1.807, 2.05) is 18.6 Å². The highest BCUT2D eigenvalue weighted by molar-refractivity contribution is 5.45. The molecule has 3 rings (SSSR count). The molecule has 0 bridgehead atoms. The van der Waals surface area contributed by atoms with E-state index in [9.17, 15) is 0 Å². The Morgan fingerprint density at radius 1 is 1.22 bits per heavy atom. The Balaban J connectivity index is 1.66. The molecular weight excluding hydrogens is 286 g/mol. The quantitative estimate of drug-likeness (QED) is 0.821. The highest BCUT2D eigenvalue weighted by Gasteiger charge is 2.24. The van der Waals surface area contributed by atoms with Crippen LogP contribution in [-0.4, -0.2) is 53.2 Å².